The van der Waals surface area contributed by atoms with Crippen LogP contribution in [0.4, 0.5) is 4.79 Å². The summed E-state index contributed by atoms with van der Waals surface area (Å²) in [5, 5.41) is 0. The molecule has 0 unspecified atom stereocenters. The third kappa shape index (κ3) is 4.85. The van der Waals surface area contributed by atoms with E-state index in [2.05, 4.69) is 20.8 Å². The second-order valence-corrected chi connectivity index (χ2v) is 7.87. The fraction of sp³-hybridized carbons (Fsp3) is 0.889. The molecule has 0 bridgehead atoms. The molecule has 0 aromatic heterocycles. The fourth-order valence-electron chi connectivity index (χ4n) is 4.05. The number of likely N-dealkylation sites (tertiary alicyclic amines) is 1. The molecule has 1 saturated carbocycles. The molecule has 1 heterocycles. The number of nitrogens with zero attached hydrogens (tertiary/aromatic N) is 2. The highest BCUT2D eigenvalue weighted by atomic mass is 16.2. The van der Waals surface area contributed by atoms with Crippen molar-refractivity contribution in [2.75, 3.05) is 13.1 Å². The van der Waals surface area contributed by atoms with Gasteiger partial charge in [-0.1, -0.05) is 20.8 Å². The van der Waals surface area contributed by atoms with Crippen molar-refractivity contribution in [1.29, 1.82) is 0 Å². The number of carbonyl (C=O) groups excluding carboxylic acids is 2. The van der Waals surface area contributed by atoms with Crippen molar-refractivity contribution in [3.8, 4) is 0 Å². The fourth-order valence-corrected chi connectivity index (χ4v) is 4.05. The number of hydrogen-bond acceptors (Lipinski definition) is 2. The standard InChI is InChI=1S/C18H33N3O2/c1-13(2)12-17(22)20-10-8-16(9-11-20)21(18(19)23)15-6-4-14(3)5-7-15/h13-16H,4-12H2,1-3H3,(H2,19,23). The molecule has 132 valence electrons. The van der Waals surface area contributed by atoms with Gasteiger partial charge in [0.05, 0.1) is 0 Å². The van der Waals surface area contributed by atoms with Crippen LogP contribution in [0.3, 0.4) is 0 Å². The lowest BCUT2D eigenvalue weighted by Crippen LogP contribution is -2.55. The zero-order valence-corrected chi connectivity index (χ0v) is 15.0. The van der Waals surface area contributed by atoms with Crippen molar-refractivity contribution in [1.82, 2.24) is 9.80 Å². The van der Waals surface area contributed by atoms with Gasteiger partial charge in [0.1, 0.15) is 0 Å². The molecule has 0 atom stereocenters. The summed E-state index contributed by atoms with van der Waals surface area (Å²) in [7, 11) is 0. The quantitative estimate of drug-likeness (QED) is 0.864. The summed E-state index contributed by atoms with van der Waals surface area (Å²) in [5.74, 6) is 1.40. The van der Waals surface area contributed by atoms with Crippen molar-refractivity contribution < 1.29 is 9.59 Å². The molecular weight excluding hydrogens is 290 g/mol. The minimum absolute atomic E-state index is 0.203. The molecule has 3 amide bonds. The zero-order valence-electron chi connectivity index (χ0n) is 15.0. The maximum Gasteiger partial charge on any atom is 0.315 e. The first kappa shape index (κ1) is 18.1. The van der Waals surface area contributed by atoms with E-state index in [1.54, 1.807) is 0 Å². The summed E-state index contributed by atoms with van der Waals surface area (Å²) in [6.07, 6.45) is 6.83. The van der Waals surface area contributed by atoms with Crippen molar-refractivity contribution in [2.24, 2.45) is 17.6 Å². The third-order valence-electron chi connectivity index (χ3n) is 5.43. The Bertz CT molecular complexity index is 408. The topological polar surface area (TPSA) is 66.6 Å². The number of rotatable bonds is 4. The summed E-state index contributed by atoms with van der Waals surface area (Å²) < 4.78 is 0. The van der Waals surface area contributed by atoms with Crippen LogP contribution < -0.4 is 5.73 Å². The number of hydrogen-bond donors (Lipinski definition) is 1. The van der Waals surface area contributed by atoms with Gasteiger partial charge in [-0.3, -0.25) is 4.79 Å². The molecule has 1 aliphatic carbocycles. The van der Waals surface area contributed by atoms with Gasteiger partial charge < -0.3 is 15.5 Å². The molecule has 23 heavy (non-hydrogen) atoms. The number of urea groups is 1. The van der Waals surface area contributed by atoms with E-state index in [1.165, 1.54) is 12.8 Å². The van der Waals surface area contributed by atoms with E-state index in [9.17, 15) is 9.59 Å². The largest absolute Gasteiger partial charge is 0.351 e. The lowest BCUT2D eigenvalue weighted by molar-refractivity contribution is -0.133. The van der Waals surface area contributed by atoms with Gasteiger partial charge in [0, 0.05) is 31.6 Å². The molecule has 0 aromatic rings. The van der Waals surface area contributed by atoms with E-state index in [0.29, 0.717) is 18.4 Å². The van der Waals surface area contributed by atoms with Crippen molar-refractivity contribution >= 4 is 11.9 Å². The molecular formula is C18H33N3O2. The summed E-state index contributed by atoms with van der Waals surface area (Å²) >= 11 is 0. The minimum atomic E-state index is -0.281. The monoisotopic (exact) mass is 323 g/mol. The summed E-state index contributed by atoms with van der Waals surface area (Å²) in [4.78, 5) is 28.1. The maximum absolute atomic E-state index is 12.2. The van der Waals surface area contributed by atoms with Crippen LogP contribution in [0.5, 0.6) is 0 Å². The normalized spacial score (nSPS) is 26.3. The van der Waals surface area contributed by atoms with Crippen LogP contribution >= 0.6 is 0 Å². The summed E-state index contributed by atoms with van der Waals surface area (Å²) in [5.41, 5.74) is 5.70. The Labute approximate surface area is 140 Å². The van der Waals surface area contributed by atoms with Gasteiger partial charge >= 0.3 is 6.03 Å². The highest BCUT2D eigenvalue weighted by Gasteiger charge is 2.34. The molecule has 1 aliphatic heterocycles. The van der Waals surface area contributed by atoms with Gasteiger partial charge in [-0.25, -0.2) is 4.79 Å². The Morgan fingerprint density at radius 2 is 1.57 bits per heavy atom. The third-order valence-corrected chi connectivity index (χ3v) is 5.43. The van der Waals surface area contributed by atoms with Crippen LogP contribution in [-0.4, -0.2) is 46.9 Å². The lowest BCUT2D eigenvalue weighted by Gasteiger charge is -2.43. The number of nitrogens with two attached hydrogens (primary N) is 1. The zero-order chi connectivity index (χ0) is 17.0. The Hall–Kier alpha value is -1.26. The molecule has 2 fully saturated rings. The second kappa shape index (κ2) is 8.02. The molecule has 1 saturated heterocycles. The van der Waals surface area contributed by atoms with E-state index in [1.807, 2.05) is 9.80 Å². The predicted molar refractivity (Wildman–Crippen MR) is 91.9 cm³/mol. The number of primary amides is 1. The number of amides is 3. The average molecular weight is 323 g/mol. The maximum atomic E-state index is 12.2. The highest BCUT2D eigenvalue weighted by molar-refractivity contribution is 5.76. The van der Waals surface area contributed by atoms with Crippen molar-refractivity contribution in [3.63, 3.8) is 0 Å². The molecule has 0 radical (unpaired) electrons. The van der Waals surface area contributed by atoms with Gasteiger partial charge in [-0.2, -0.15) is 0 Å². The lowest BCUT2D eigenvalue weighted by atomic mass is 9.85. The first-order valence-corrected chi connectivity index (χ1v) is 9.24. The molecule has 2 N–H and O–H groups in total. The van der Waals surface area contributed by atoms with Gasteiger partial charge in [-0.05, 0) is 50.4 Å². The average Bonchev–Trinajstić information content (AvgIpc) is 2.49. The van der Waals surface area contributed by atoms with Crippen molar-refractivity contribution in [3.05, 3.63) is 0 Å². The summed E-state index contributed by atoms with van der Waals surface area (Å²) in [6.45, 7) is 7.93. The van der Waals surface area contributed by atoms with E-state index in [4.69, 9.17) is 5.73 Å². The minimum Gasteiger partial charge on any atom is -0.351 e. The number of carbonyl (C=O) groups is 2. The molecule has 0 spiro atoms. The van der Waals surface area contributed by atoms with Crippen LogP contribution in [-0.2, 0) is 4.79 Å². The van der Waals surface area contributed by atoms with E-state index < -0.39 is 0 Å². The van der Waals surface area contributed by atoms with E-state index in [0.717, 1.165) is 44.7 Å². The van der Waals surface area contributed by atoms with Gasteiger partial charge in [-0.15, -0.1) is 0 Å². The Balaban J connectivity index is 1.90. The van der Waals surface area contributed by atoms with Crippen LogP contribution in [0.2, 0.25) is 0 Å². The molecule has 5 heteroatoms. The Morgan fingerprint density at radius 3 is 2.04 bits per heavy atom. The van der Waals surface area contributed by atoms with Crippen LogP contribution in [0, 0.1) is 11.8 Å². The Morgan fingerprint density at radius 1 is 1.04 bits per heavy atom. The Kier molecular flexibility index (Phi) is 6.31. The predicted octanol–water partition coefficient (Wildman–Crippen LogP) is 2.98. The molecule has 5 nitrogen and oxygen atoms in total. The highest BCUT2D eigenvalue weighted by Crippen LogP contribution is 2.30. The smallest absolute Gasteiger partial charge is 0.315 e. The van der Waals surface area contributed by atoms with E-state index in [-0.39, 0.29) is 18.0 Å². The molecule has 2 rings (SSSR count). The van der Waals surface area contributed by atoms with Gasteiger partial charge in [0.25, 0.3) is 0 Å². The first-order valence-electron chi connectivity index (χ1n) is 9.24. The van der Waals surface area contributed by atoms with Gasteiger partial charge in [0.15, 0.2) is 0 Å². The van der Waals surface area contributed by atoms with Crippen LogP contribution in [0.15, 0.2) is 0 Å². The first-order chi connectivity index (χ1) is 10.9. The molecule has 2 aliphatic rings. The number of piperidine rings is 1. The summed E-state index contributed by atoms with van der Waals surface area (Å²) in [6, 6.07) is 0.220. The van der Waals surface area contributed by atoms with E-state index >= 15 is 0 Å². The molecule has 0 aromatic carbocycles. The van der Waals surface area contributed by atoms with Crippen LogP contribution in [0.1, 0.15) is 65.7 Å². The SMILES string of the molecule is CC(C)CC(=O)N1CCC(N(C(N)=O)C2CCC(C)CC2)CC1. The van der Waals surface area contributed by atoms with Crippen LogP contribution in [0.25, 0.3) is 0 Å². The van der Waals surface area contributed by atoms with Gasteiger partial charge in [0.2, 0.25) is 5.91 Å². The van der Waals surface area contributed by atoms with Crippen molar-refractivity contribution in [2.45, 2.75) is 77.8 Å². The second-order valence-electron chi connectivity index (χ2n) is 7.87.